The maximum Gasteiger partial charge on any atom is 0.271 e. The third-order valence-corrected chi connectivity index (χ3v) is 4.98. The molecular formula is C21H21FN4O5. The van der Waals surface area contributed by atoms with Gasteiger partial charge in [0.05, 0.1) is 16.5 Å². The second-order valence-electron chi connectivity index (χ2n) is 7.48. The molecule has 1 saturated heterocycles. The Morgan fingerprint density at radius 2 is 1.84 bits per heavy atom. The molecule has 3 rings (SSSR count). The minimum absolute atomic E-state index is 0.0268. The highest BCUT2D eigenvalue weighted by atomic mass is 19.1. The summed E-state index contributed by atoms with van der Waals surface area (Å²) in [5, 5.41) is 15.8. The Kier molecular flexibility index (Phi) is 6.28. The van der Waals surface area contributed by atoms with Crippen molar-refractivity contribution < 1.29 is 23.7 Å². The van der Waals surface area contributed by atoms with E-state index < -0.39 is 22.6 Å². The number of carbonyl (C=O) groups excluding carboxylic acids is 3. The highest BCUT2D eigenvalue weighted by Gasteiger charge is 2.35. The van der Waals surface area contributed by atoms with Crippen LogP contribution >= 0.6 is 0 Å². The lowest BCUT2D eigenvalue weighted by Gasteiger charge is -2.20. The summed E-state index contributed by atoms with van der Waals surface area (Å²) in [4.78, 5) is 48.6. The molecule has 0 bridgehead atoms. The minimum atomic E-state index is -0.801. The number of anilines is 2. The number of non-ortho nitro benzene ring substituents is 1. The van der Waals surface area contributed by atoms with Crippen LogP contribution in [0.25, 0.3) is 0 Å². The second-order valence-corrected chi connectivity index (χ2v) is 7.48. The molecule has 1 fully saturated rings. The van der Waals surface area contributed by atoms with E-state index in [1.54, 1.807) is 4.90 Å². The fourth-order valence-corrected chi connectivity index (χ4v) is 3.27. The van der Waals surface area contributed by atoms with E-state index in [1.165, 1.54) is 24.3 Å². The van der Waals surface area contributed by atoms with Crippen LogP contribution in [0.5, 0.6) is 0 Å². The Bertz CT molecular complexity index is 1040. The fraction of sp³-hybridized carbons (Fsp3) is 0.286. The number of benzene rings is 2. The van der Waals surface area contributed by atoms with Crippen LogP contribution in [-0.4, -0.2) is 40.1 Å². The van der Waals surface area contributed by atoms with Crippen molar-refractivity contribution in [2.45, 2.75) is 26.3 Å². The van der Waals surface area contributed by atoms with Gasteiger partial charge < -0.3 is 15.5 Å². The van der Waals surface area contributed by atoms with E-state index in [9.17, 15) is 28.9 Å². The molecule has 1 unspecified atom stereocenters. The highest BCUT2D eigenvalue weighted by molar-refractivity contribution is 6.05. The normalized spacial score (nSPS) is 15.8. The lowest BCUT2D eigenvalue weighted by Crippen LogP contribution is -2.33. The van der Waals surface area contributed by atoms with Gasteiger partial charge >= 0.3 is 0 Å². The maximum absolute atomic E-state index is 13.9. The number of hydrogen-bond donors (Lipinski definition) is 2. The molecule has 1 atom stereocenters. The summed E-state index contributed by atoms with van der Waals surface area (Å²) in [6, 6.07) is 8.74. The molecule has 2 aromatic rings. The monoisotopic (exact) mass is 428 g/mol. The van der Waals surface area contributed by atoms with Crippen LogP contribution in [0.4, 0.5) is 21.5 Å². The summed E-state index contributed by atoms with van der Waals surface area (Å²) >= 11 is 0. The smallest absolute Gasteiger partial charge is 0.271 e. The molecule has 10 heteroatoms. The largest absolute Gasteiger partial charge is 0.339 e. The van der Waals surface area contributed by atoms with Crippen molar-refractivity contribution >= 4 is 34.8 Å². The SMILES string of the molecule is CC(C)N1CC(C(=O)Nc2ccc(C(=O)Nc3cc([N+](=O)[O-])ccc3F)cc2)CC1=O. The average Bonchev–Trinajstić information content (AvgIpc) is 3.12. The number of amides is 3. The van der Waals surface area contributed by atoms with Crippen LogP contribution in [0.3, 0.4) is 0 Å². The summed E-state index contributed by atoms with van der Waals surface area (Å²) in [5.74, 6) is -2.26. The Labute approximate surface area is 177 Å². The Morgan fingerprint density at radius 3 is 2.42 bits per heavy atom. The van der Waals surface area contributed by atoms with Crippen molar-refractivity contribution in [3.63, 3.8) is 0 Å². The van der Waals surface area contributed by atoms with Gasteiger partial charge in [0.15, 0.2) is 0 Å². The summed E-state index contributed by atoms with van der Waals surface area (Å²) in [6.07, 6.45) is 0.152. The number of rotatable bonds is 6. The molecule has 9 nitrogen and oxygen atoms in total. The van der Waals surface area contributed by atoms with Crippen molar-refractivity contribution in [1.29, 1.82) is 0 Å². The first kappa shape index (κ1) is 21.9. The quantitative estimate of drug-likeness (QED) is 0.541. The van der Waals surface area contributed by atoms with Crippen molar-refractivity contribution in [2.24, 2.45) is 5.92 Å². The molecule has 0 aliphatic carbocycles. The number of nitrogens with one attached hydrogen (secondary N) is 2. The van der Waals surface area contributed by atoms with Gasteiger partial charge in [-0.15, -0.1) is 0 Å². The summed E-state index contributed by atoms with van der Waals surface area (Å²) in [6.45, 7) is 4.14. The molecule has 2 aromatic carbocycles. The number of likely N-dealkylation sites (tertiary alicyclic amines) is 1. The van der Waals surface area contributed by atoms with Gasteiger partial charge in [0.1, 0.15) is 5.82 Å². The van der Waals surface area contributed by atoms with Crippen molar-refractivity contribution in [3.05, 3.63) is 64.0 Å². The first-order valence-electron chi connectivity index (χ1n) is 9.61. The number of nitrogens with zero attached hydrogens (tertiary/aromatic N) is 2. The molecule has 3 amide bonds. The van der Waals surface area contributed by atoms with Crippen molar-refractivity contribution in [2.75, 3.05) is 17.2 Å². The van der Waals surface area contributed by atoms with Gasteiger partial charge in [0.2, 0.25) is 11.8 Å². The molecule has 1 aliphatic rings. The van der Waals surface area contributed by atoms with Crippen LogP contribution in [-0.2, 0) is 9.59 Å². The average molecular weight is 428 g/mol. The van der Waals surface area contributed by atoms with Crippen LogP contribution in [0.1, 0.15) is 30.6 Å². The standard InChI is InChI=1S/C21H21FN4O5/c1-12(2)25-11-14(9-19(25)27)21(29)23-15-5-3-13(4-6-15)20(28)24-18-10-16(26(30)31)7-8-17(18)22/h3-8,10,12,14H,9,11H2,1-2H3,(H,23,29)(H,24,28). The highest BCUT2D eigenvalue weighted by Crippen LogP contribution is 2.23. The Balaban J connectivity index is 1.63. The van der Waals surface area contributed by atoms with E-state index >= 15 is 0 Å². The number of hydrogen-bond acceptors (Lipinski definition) is 5. The zero-order valence-corrected chi connectivity index (χ0v) is 16.9. The third kappa shape index (κ3) is 5.03. The van der Waals surface area contributed by atoms with Gasteiger partial charge in [-0.3, -0.25) is 24.5 Å². The van der Waals surface area contributed by atoms with Gasteiger partial charge in [0, 0.05) is 42.4 Å². The van der Waals surface area contributed by atoms with E-state index in [4.69, 9.17) is 0 Å². The Hall–Kier alpha value is -3.82. The minimum Gasteiger partial charge on any atom is -0.339 e. The fourth-order valence-electron chi connectivity index (χ4n) is 3.27. The molecule has 1 heterocycles. The predicted octanol–water partition coefficient (Wildman–Crippen LogP) is 3.18. The number of nitro benzene ring substituents is 1. The lowest BCUT2D eigenvalue weighted by atomic mass is 10.1. The number of nitro groups is 1. The summed E-state index contributed by atoms with van der Waals surface area (Å²) in [7, 11) is 0. The maximum atomic E-state index is 13.9. The van der Waals surface area contributed by atoms with Crippen LogP contribution in [0.15, 0.2) is 42.5 Å². The first-order valence-corrected chi connectivity index (χ1v) is 9.61. The molecule has 1 aliphatic heterocycles. The van der Waals surface area contributed by atoms with E-state index in [2.05, 4.69) is 10.6 Å². The lowest BCUT2D eigenvalue weighted by molar-refractivity contribution is -0.384. The topological polar surface area (TPSA) is 122 Å². The first-order chi connectivity index (χ1) is 14.7. The molecule has 0 aromatic heterocycles. The van der Waals surface area contributed by atoms with E-state index in [0.29, 0.717) is 12.2 Å². The molecular weight excluding hydrogens is 407 g/mol. The van der Waals surface area contributed by atoms with E-state index in [-0.39, 0.29) is 41.2 Å². The summed E-state index contributed by atoms with van der Waals surface area (Å²) < 4.78 is 13.9. The van der Waals surface area contributed by atoms with Crippen LogP contribution < -0.4 is 10.6 Å². The number of carbonyl (C=O) groups is 3. The van der Waals surface area contributed by atoms with Gasteiger partial charge in [0.25, 0.3) is 11.6 Å². The van der Waals surface area contributed by atoms with Crippen molar-refractivity contribution in [1.82, 2.24) is 4.90 Å². The Morgan fingerprint density at radius 1 is 1.16 bits per heavy atom. The predicted molar refractivity (Wildman–Crippen MR) is 111 cm³/mol. The zero-order chi connectivity index (χ0) is 22.7. The van der Waals surface area contributed by atoms with Gasteiger partial charge in [-0.05, 0) is 44.2 Å². The van der Waals surface area contributed by atoms with Crippen molar-refractivity contribution in [3.8, 4) is 0 Å². The van der Waals surface area contributed by atoms with Crippen LogP contribution in [0.2, 0.25) is 0 Å². The molecule has 31 heavy (non-hydrogen) atoms. The molecule has 162 valence electrons. The van der Waals surface area contributed by atoms with Gasteiger partial charge in [-0.1, -0.05) is 0 Å². The molecule has 0 saturated carbocycles. The number of halogens is 1. The third-order valence-electron chi connectivity index (χ3n) is 4.98. The van der Waals surface area contributed by atoms with Crippen LogP contribution in [0, 0.1) is 21.8 Å². The zero-order valence-electron chi connectivity index (χ0n) is 16.9. The molecule has 0 radical (unpaired) electrons. The van der Waals surface area contributed by atoms with Gasteiger partial charge in [-0.2, -0.15) is 0 Å². The van der Waals surface area contributed by atoms with Gasteiger partial charge in [-0.25, -0.2) is 4.39 Å². The second kappa shape index (κ2) is 8.90. The summed E-state index contributed by atoms with van der Waals surface area (Å²) in [5.41, 5.74) is -0.0437. The molecule has 2 N–H and O–H groups in total. The van der Waals surface area contributed by atoms with E-state index in [0.717, 1.165) is 18.2 Å². The molecule has 0 spiro atoms. The van der Waals surface area contributed by atoms with E-state index in [1.807, 2.05) is 13.8 Å².